The first-order valence-electron chi connectivity index (χ1n) is 7.70. The van der Waals surface area contributed by atoms with Crippen molar-refractivity contribution in [2.75, 3.05) is 0 Å². The molecule has 1 saturated carbocycles. The van der Waals surface area contributed by atoms with Crippen molar-refractivity contribution in [1.82, 2.24) is 20.6 Å². The molecule has 0 spiro atoms. The Balaban J connectivity index is 1.49. The number of pyridine rings is 1. The van der Waals surface area contributed by atoms with Gasteiger partial charge in [0, 0.05) is 29.4 Å². The van der Waals surface area contributed by atoms with Crippen LogP contribution in [0.1, 0.15) is 37.1 Å². The van der Waals surface area contributed by atoms with Crippen molar-refractivity contribution in [1.29, 1.82) is 0 Å². The Morgan fingerprint density at radius 3 is 2.77 bits per heavy atom. The Hall–Kier alpha value is -1.95. The number of urea groups is 1. The van der Waals surface area contributed by atoms with E-state index in [1.807, 2.05) is 17.5 Å². The van der Waals surface area contributed by atoms with Gasteiger partial charge in [0.25, 0.3) is 0 Å². The summed E-state index contributed by atoms with van der Waals surface area (Å²) < 4.78 is 0. The number of nitrogens with zero attached hydrogens (tertiary/aromatic N) is 2. The largest absolute Gasteiger partial charge is 0.335 e. The Labute approximate surface area is 134 Å². The van der Waals surface area contributed by atoms with Crippen LogP contribution in [-0.2, 0) is 6.54 Å². The van der Waals surface area contributed by atoms with Gasteiger partial charge in [-0.05, 0) is 25.0 Å². The van der Waals surface area contributed by atoms with Crippen LogP contribution < -0.4 is 10.6 Å². The molecular formula is C16H20N4OS. The highest BCUT2D eigenvalue weighted by Gasteiger charge is 2.15. The van der Waals surface area contributed by atoms with E-state index in [-0.39, 0.29) is 6.03 Å². The predicted octanol–water partition coefficient (Wildman–Crippen LogP) is 3.34. The molecule has 2 aromatic heterocycles. The lowest BCUT2D eigenvalue weighted by Gasteiger charge is -2.22. The zero-order chi connectivity index (χ0) is 15.2. The Bertz CT molecular complexity index is 608. The van der Waals surface area contributed by atoms with Crippen LogP contribution in [0.2, 0.25) is 0 Å². The van der Waals surface area contributed by atoms with E-state index in [1.54, 1.807) is 23.7 Å². The standard InChI is InChI=1S/C16H20N4OS/c21-16(19-13-4-2-1-3-5-13)18-10-15-20-14(11-22-15)12-6-8-17-9-7-12/h6-9,11,13H,1-5,10H2,(H2,18,19,21). The van der Waals surface area contributed by atoms with Gasteiger partial charge in [-0.1, -0.05) is 19.3 Å². The number of aromatic nitrogens is 2. The van der Waals surface area contributed by atoms with Crippen molar-refractivity contribution >= 4 is 17.4 Å². The van der Waals surface area contributed by atoms with Crippen molar-refractivity contribution < 1.29 is 4.79 Å². The van der Waals surface area contributed by atoms with E-state index in [4.69, 9.17) is 0 Å². The van der Waals surface area contributed by atoms with Gasteiger partial charge >= 0.3 is 6.03 Å². The first kappa shape index (κ1) is 15.0. The zero-order valence-corrected chi connectivity index (χ0v) is 13.2. The van der Waals surface area contributed by atoms with Crippen molar-refractivity contribution in [3.63, 3.8) is 0 Å². The molecule has 0 bridgehead atoms. The lowest BCUT2D eigenvalue weighted by Crippen LogP contribution is -2.42. The highest BCUT2D eigenvalue weighted by molar-refractivity contribution is 7.09. The van der Waals surface area contributed by atoms with Gasteiger partial charge in [0.15, 0.2) is 0 Å². The number of carbonyl (C=O) groups excluding carboxylic acids is 1. The lowest BCUT2D eigenvalue weighted by molar-refractivity contribution is 0.232. The summed E-state index contributed by atoms with van der Waals surface area (Å²) in [6.45, 7) is 0.467. The molecule has 0 unspecified atom stereocenters. The monoisotopic (exact) mass is 316 g/mol. The number of hydrogen-bond donors (Lipinski definition) is 2. The summed E-state index contributed by atoms with van der Waals surface area (Å²) in [6, 6.07) is 4.11. The van der Waals surface area contributed by atoms with Crippen molar-refractivity contribution in [3.05, 3.63) is 34.9 Å². The third kappa shape index (κ3) is 4.04. The van der Waals surface area contributed by atoms with Gasteiger partial charge in [0.05, 0.1) is 12.2 Å². The van der Waals surface area contributed by atoms with Crippen LogP contribution in [0.5, 0.6) is 0 Å². The molecule has 0 atom stereocenters. The average Bonchev–Trinajstić information content (AvgIpc) is 3.04. The van der Waals surface area contributed by atoms with Crippen molar-refractivity contribution in [3.8, 4) is 11.3 Å². The normalized spacial score (nSPS) is 15.5. The average molecular weight is 316 g/mol. The molecule has 2 heterocycles. The smallest absolute Gasteiger partial charge is 0.315 e. The summed E-state index contributed by atoms with van der Waals surface area (Å²) in [6.07, 6.45) is 9.41. The van der Waals surface area contributed by atoms with Gasteiger partial charge in [-0.3, -0.25) is 4.98 Å². The van der Waals surface area contributed by atoms with E-state index in [1.165, 1.54) is 19.3 Å². The molecule has 0 radical (unpaired) electrons. The molecule has 0 saturated heterocycles. The molecule has 22 heavy (non-hydrogen) atoms. The minimum absolute atomic E-state index is 0.0902. The van der Waals surface area contributed by atoms with Gasteiger partial charge in [-0.2, -0.15) is 0 Å². The van der Waals surface area contributed by atoms with Gasteiger partial charge < -0.3 is 10.6 Å². The van der Waals surface area contributed by atoms with Gasteiger partial charge in [-0.15, -0.1) is 11.3 Å². The van der Waals surface area contributed by atoms with Crippen molar-refractivity contribution in [2.45, 2.75) is 44.7 Å². The first-order valence-corrected chi connectivity index (χ1v) is 8.58. The Morgan fingerprint density at radius 1 is 1.23 bits per heavy atom. The Morgan fingerprint density at radius 2 is 2.00 bits per heavy atom. The van der Waals surface area contributed by atoms with Crippen LogP contribution in [0.4, 0.5) is 4.79 Å². The number of amides is 2. The maximum Gasteiger partial charge on any atom is 0.315 e. The maximum absolute atomic E-state index is 11.9. The third-order valence-corrected chi connectivity index (χ3v) is 4.72. The van der Waals surface area contributed by atoms with Crippen LogP contribution in [0.25, 0.3) is 11.3 Å². The lowest BCUT2D eigenvalue weighted by atomic mass is 9.96. The number of hydrogen-bond acceptors (Lipinski definition) is 4. The molecule has 1 fully saturated rings. The molecule has 116 valence electrons. The maximum atomic E-state index is 11.9. The second-order valence-corrected chi connectivity index (χ2v) is 6.47. The second-order valence-electron chi connectivity index (χ2n) is 5.52. The van der Waals surface area contributed by atoms with E-state index < -0.39 is 0 Å². The van der Waals surface area contributed by atoms with E-state index in [9.17, 15) is 4.79 Å². The number of rotatable bonds is 4. The van der Waals surface area contributed by atoms with Gasteiger partial charge in [-0.25, -0.2) is 9.78 Å². The van der Waals surface area contributed by atoms with E-state index in [2.05, 4.69) is 20.6 Å². The molecule has 2 amide bonds. The van der Waals surface area contributed by atoms with E-state index in [0.29, 0.717) is 12.6 Å². The fourth-order valence-corrected chi connectivity index (χ4v) is 3.43. The topological polar surface area (TPSA) is 66.9 Å². The Kier molecular flexibility index (Phi) is 5.00. The van der Waals surface area contributed by atoms with Crippen LogP contribution in [0.15, 0.2) is 29.9 Å². The zero-order valence-electron chi connectivity index (χ0n) is 12.4. The minimum atomic E-state index is -0.0902. The third-order valence-electron chi connectivity index (χ3n) is 3.87. The van der Waals surface area contributed by atoms with Crippen LogP contribution >= 0.6 is 11.3 Å². The molecule has 1 aliphatic rings. The molecule has 1 aliphatic carbocycles. The summed E-state index contributed by atoms with van der Waals surface area (Å²) >= 11 is 1.56. The molecule has 6 heteroatoms. The molecule has 2 N–H and O–H groups in total. The molecule has 0 aromatic carbocycles. The second kappa shape index (κ2) is 7.35. The highest BCUT2D eigenvalue weighted by atomic mass is 32.1. The minimum Gasteiger partial charge on any atom is -0.335 e. The van der Waals surface area contributed by atoms with E-state index >= 15 is 0 Å². The van der Waals surface area contributed by atoms with Crippen LogP contribution in [0.3, 0.4) is 0 Å². The van der Waals surface area contributed by atoms with Gasteiger partial charge in [0.2, 0.25) is 0 Å². The fourth-order valence-electron chi connectivity index (χ4n) is 2.69. The predicted molar refractivity (Wildman–Crippen MR) is 87.6 cm³/mol. The van der Waals surface area contributed by atoms with Crippen molar-refractivity contribution in [2.24, 2.45) is 0 Å². The first-order chi connectivity index (χ1) is 10.8. The number of nitrogens with one attached hydrogen (secondary N) is 2. The molecule has 5 nitrogen and oxygen atoms in total. The molecule has 2 aromatic rings. The number of carbonyl (C=O) groups is 1. The quantitative estimate of drug-likeness (QED) is 0.909. The number of thiazole rings is 1. The SMILES string of the molecule is O=C(NCc1nc(-c2ccncc2)cs1)NC1CCCCC1. The van der Waals surface area contributed by atoms with E-state index in [0.717, 1.165) is 29.1 Å². The highest BCUT2D eigenvalue weighted by Crippen LogP contribution is 2.21. The summed E-state index contributed by atoms with van der Waals surface area (Å²) in [5.41, 5.74) is 1.97. The summed E-state index contributed by atoms with van der Waals surface area (Å²) in [5.74, 6) is 0. The summed E-state index contributed by atoms with van der Waals surface area (Å²) in [7, 11) is 0. The summed E-state index contributed by atoms with van der Waals surface area (Å²) in [4.78, 5) is 20.5. The molecule has 3 rings (SSSR count). The molecular weight excluding hydrogens is 296 g/mol. The van der Waals surface area contributed by atoms with Crippen LogP contribution in [0, 0.1) is 0 Å². The van der Waals surface area contributed by atoms with Crippen LogP contribution in [-0.4, -0.2) is 22.0 Å². The molecule has 0 aliphatic heterocycles. The summed E-state index contributed by atoms with van der Waals surface area (Å²) in [5, 5.41) is 8.86. The fraction of sp³-hybridized carbons (Fsp3) is 0.438. The van der Waals surface area contributed by atoms with Gasteiger partial charge in [0.1, 0.15) is 5.01 Å².